The number of imidazole rings is 1. The molecule has 2 atom stereocenters. The molecule has 3 aromatic heterocycles. The third-order valence-electron chi connectivity index (χ3n) is 6.02. The highest BCUT2D eigenvalue weighted by atomic mass is 19.3. The zero-order valence-corrected chi connectivity index (χ0v) is 19.4. The summed E-state index contributed by atoms with van der Waals surface area (Å²) >= 11 is 0. The highest BCUT2D eigenvalue weighted by molar-refractivity contribution is 5.93. The molecule has 37 heavy (non-hydrogen) atoms. The molecule has 0 unspecified atom stereocenters. The number of aromatic nitrogens is 5. The average molecular weight is 529 g/mol. The minimum absolute atomic E-state index is 0.0509. The van der Waals surface area contributed by atoms with Crippen LogP contribution in [0.3, 0.4) is 0 Å². The van der Waals surface area contributed by atoms with Crippen LogP contribution in [0.5, 0.6) is 0 Å². The van der Waals surface area contributed by atoms with Gasteiger partial charge in [0.05, 0.1) is 24.1 Å². The van der Waals surface area contributed by atoms with Crippen molar-refractivity contribution >= 4 is 17.5 Å². The number of nitrogens with zero attached hydrogens (tertiary/aromatic N) is 5. The van der Waals surface area contributed by atoms with E-state index < -0.39 is 43.2 Å². The molecule has 1 aliphatic carbocycles. The van der Waals surface area contributed by atoms with E-state index in [1.807, 2.05) is 0 Å². The van der Waals surface area contributed by atoms with Crippen molar-refractivity contribution in [2.24, 2.45) is 5.92 Å². The summed E-state index contributed by atoms with van der Waals surface area (Å²) in [5, 5.41) is 26.4. The fourth-order valence-corrected chi connectivity index (χ4v) is 4.10. The standard InChI is InChI=1S/C21H23F4N7O5/c1-10-16(31-37-30-10)19(35)29-17(11-2-4-21(24,25)5-3-11)13-8-32-14(27-13)6-12(7-26-32)18(34)28-15(33)9-36-20(22)23/h6-8,11,17-18,20,34H,2-5,9H2,1H3,(H,28,33)(H,29,35)/t17-,18+/m0/s1. The maximum atomic E-state index is 13.8. The number of aryl methyl sites for hydroxylation is 1. The van der Waals surface area contributed by atoms with Gasteiger partial charge in [-0.05, 0) is 36.9 Å². The Bertz CT molecular complexity index is 1260. The Labute approximate surface area is 206 Å². The second-order valence-electron chi connectivity index (χ2n) is 8.64. The molecule has 2 amide bonds. The molecule has 3 heterocycles. The fourth-order valence-electron chi connectivity index (χ4n) is 4.10. The van der Waals surface area contributed by atoms with Gasteiger partial charge in [0.2, 0.25) is 11.8 Å². The zero-order chi connectivity index (χ0) is 26.7. The van der Waals surface area contributed by atoms with Gasteiger partial charge >= 0.3 is 6.61 Å². The van der Waals surface area contributed by atoms with Gasteiger partial charge in [0.15, 0.2) is 17.6 Å². The van der Waals surface area contributed by atoms with Gasteiger partial charge in [-0.3, -0.25) is 9.59 Å². The zero-order valence-electron chi connectivity index (χ0n) is 19.4. The number of carbonyl (C=O) groups is 2. The van der Waals surface area contributed by atoms with E-state index in [1.165, 1.54) is 29.9 Å². The lowest BCUT2D eigenvalue weighted by atomic mass is 9.81. The molecule has 1 fully saturated rings. The minimum atomic E-state index is -3.14. The number of carbonyl (C=O) groups excluding carboxylic acids is 2. The number of hydrogen-bond donors (Lipinski definition) is 3. The summed E-state index contributed by atoms with van der Waals surface area (Å²) in [6.07, 6.45) is 0.711. The van der Waals surface area contributed by atoms with E-state index in [4.69, 9.17) is 0 Å². The van der Waals surface area contributed by atoms with Gasteiger partial charge in [-0.25, -0.2) is 22.9 Å². The first kappa shape index (κ1) is 26.4. The van der Waals surface area contributed by atoms with Crippen LogP contribution in [0.2, 0.25) is 0 Å². The van der Waals surface area contributed by atoms with E-state index in [0.717, 1.165) is 0 Å². The Morgan fingerprint density at radius 1 is 1.27 bits per heavy atom. The third kappa shape index (κ3) is 6.37. The number of nitrogens with one attached hydrogen (secondary N) is 2. The number of alkyl halides is 4. The molecule has 1 aliphatic rings. The molecule has 0 aliphatic heterocycles. The van der Waals surface area contributed by atoms with Crippen LogP contribution in [0, 0.1) is 12.8 Å². The topological polar surface area (TPSA) is 157 Å². The predicted molar refractivity (Wildman–Crippen MR) is 114 cm³/mol. The molecule has 0 saturated heterocycles. The minimum Gasteiger partial charge on any atom is -0.369 e. The highest BCUT2D eigenvalue weighted by Crippen LogP contribution is 2.41. The summed E-state index contributed by atoms with van der Waals surface area (Å²) in [5.41, 5.74) is 0.834. The van der Waals surface area contributed by atoms with Crippen LogP contribution in [0.1, 0.15) is 65.4 Å². The van der Waals surface area contributed by atoms with Gasteiger partial charge < -0.3 is 20.5 Å². The van der Waals surface area contributed by atoms with Gasteiger partial charge in [0.1, 0.15) is 12.3 Å². The smallest absolute Gasteiger partial charge is 0.345 e. The molecule has 0 spiro atoms. The predicted octanol–water partition coefficient (Wildman–Crippen LogP) is 2.06. The summed E-state index contributed by atoms with van der Waals surface area (Å²) in [5.74, 6) is -4.75. The van der Waals surface area contributed by atoms with Crippen molar-refractivity contribution in [1.29, 1.82) is 0 Å². The van der Waals surface area contributed by atoms with E-state index in [-0.39, 0.29) is 54.2 Å². The second kappa shape index (κ2) is 10.8. The van der Waals surface area contributed by atoms with E-state index in [0.29, 0.717) is 5.69 Å². The molecular formula is C21H23F4N7O5. The van der Waals surface area contributed by atoms with Crippen molar-refractivity contribution in [2.75, 3.05) is 6.61 Å². The Hall–Kier alpha value is -3.66. The van der Waals surface area contributed by atoms with Crippen LogP contribution in [0.15, 0.2) is 23.1 Å². The summed E-state index contributed by atoms with van der Waals surface area (Å²) in [6, 6.07) is 0.607. The number of ether oxygens (including phenoxy) is 1. The number of rotatable bonds is 9. The first-order valence-electron chi connectivity index (χ1n) is 11.2. The monoisotopic (exact) mass is 529 g/mol. The molecule has 0 radical (unpaired) electrons. The lowest BCUT2D eigenvalue weighted by molar-refractivity contribution is -0.154. The van der Waals surface area contributed by atoms with Gasteiger partial charge in [0.25, 0.3) is 5.91 Å². The molecular weight excluding hydrogens is 506 g/mol. The van der Waals surface area contributed by atoms with Crippen LogP contribution in [0.4, 0.5) is 17.6 Å². The average Bonchev–Trinajstić information content (AvgIpc) is 3.46. The van der Waals surface area contributed by atoms with Crippen LogP contribution < -0.4 is 10.6 Å². The van der Waals surface area contributed by atoms with Crippen LogP contribution in [-0.2, 0) is 9.53 Å². The van der Waals surface area contributed by atoms with E-state index in [1.54, 1.807) is 0 Å². The number of halogens is 4. The van der Waals surface area contributed by atoms with Crippen LogP contribution in [0.25, 0.3) is 5.65 Å². The Kier molecular flexibility index (Phi) is 7.68. The van der Waals surface area contributed by atoms with E-state index >= 15 is 0 Å². The summed E-state index contributed by atoms with van der Waals surface area (Å²) in [6.45, 7) is -2.57. The molecule has 1 saturated carbocycles. The molecule has 0 aromatic carbocycles. The molecule has 200 valence electrons. The maximum absolute atomic E-state index is 13.8. The van der Waals surface area contributed by atoms with Crippen LogP contribution >= 0.6 is 0 Å². The van der Waals surface area contributed by atoms with Crippen molar-refractivity contribution < 1.29 is 41.6 Å². The molecule has 4 rings (SSSR count). The molecule has 3 N–H and O–H groups in total. The molecule has 16 heteroatoms. The van der Waals surface area contributed by atoms with Crippen molar-refractivity contribution in [3.05, 3.63) is 41.1 Å². The molecule has 12 nitrogen and oxygen atoms in total. The highest BCUT2D eigenvalue weighted by Gasteiger charge is 2.39. The normalized spacial score (nSPS) is 17.6. The number of aliphatic hydroxyl groups is 1. The van der Waals surface area contributed by atoms with Gasteiger partial charge in [-0.1, -0.05) is 5.16 Å². The summed E-state index contributed by atoms with van der Waals surface area (Å²) in [7, 11) is 0. The lowest BCUT2D eigenvalue weighted by Gasteiger charge is -2.33. The number of hydrogen-bond acceptors (Lipinski definition) is 9. The summed E-state index contributed by atoms with van der Waals surface area (Å²) < 4.78 is 61.6. The van der Waals surface area contributed by atoms with Crippen molar-refractivity contribution in [2.45, 2.75) is 57.4 Å². The van der Waals surface area contributed by atoms with Gasteiger partial charge in [-0.2, -0.15) is 13.9 Å². The largest absolute Gasteiger partial charge is 0.369 e. The Morgan fingerprint density at radius 3 is 2.65 bits per heavy atom. The lowest BCUT2D eigenvalue weighted by Crippen LogP contribution is -2.37. The summed E-state index contributed by atoms with van der Waals surface area (Å²) in [4.78, 5) is 28.9. The third-order valence-corrected chi connectivity index (χ3v) is 6.02. The van der Waals surface area contributed by atoms with Crippen molar-refractivity contribution in [1.82, 2.24) is 35.5 Å². The van der Waals surface area contributed by atoms with Crippen molar-refractivity contribution in [3.63, 3.8) is 0 Å². The van der Waals surface area contributed by atoms with E-state index in [2.05, 4.69) is 40.4 Å². The van der Waals surface area contributed by atoms with Gasteiger partial charge in [0, 0.05) is 18.4 Å². The van der Waals surface area contributed by atoms with E-state index in [9.17, 15) is 32.3 Å². The Balaban J connectivity index is 1.56. The molecule has 3 aromatic rings. The molecule has 0 bridgehead atoms. The fraction of sp³-hybridized carbons (Fsp3) is 0.524. The number of amides is 2. The quantitative estimate of drug-likeness (QED) is 0.279. The number of aliphatic hydroxyl groups excluding tert-OH is 1. The maximum Gasteiger partial charge on any atom is 0.345 e. The second-order valence-corrected chi connectivity index (χ2v) is 8.64. The first-order chi connectivity index (χ1) is 17.5. The van der Waals surface area contributed by atoms with Crippen molar-refractivity contribution in [3.8, 4) is 0 Å². The number of fused-ring (bicyclic) bond motifs is 1. The SMILES string of the molecule is Cc1nonc1C(=O)N[C@H](c1cn2ncc([C@@H](O)NC(=O)COC(F)F)cc2n1)C1CCC(F)(F)CC1. The van der Waals surface area contributed by atoms with Gasteiger partial charge in [-0.15, -0.1) is 0 Å². The first-order valence-corrected chi connectivity index (χ1v) is 11.2. The Morgan fingerprint density at radius 2 is 2.00 bits per heavy atom. The van der Waals surface area contributed by atoms with Crippen LogP contribution in [-0.4, -0.2) is 61.0 Å².